The number of fused-ring (bicyclic) bond motifs is 2. The van der Waals surface area contributed by atoms with E-state index in [0.717, 1.165) is 55.7 Å². The van der Waals surface area contributed by atoms with E-state index in [0.29, 0.717) is 13.0 Å². The Balaban J connectivity index is 1.64. The molecule has 2 atom stereocenters. The first-order valence-corrected chi connectivity index (χ1v) is 8.12. The molecule has 3 aliphatic rings. The van der Waals surface area contributed by atoms with Gasteiger partial charge in [-0.25, -0.2) is 4.98 Å². The lowest BCUT2D eigenvalue weighted by Crippen LogP contribution is -2.35. The number of anilines is 1. The fourth-order valence-electron chi connectivity index (χ4n) is 4.47. The number of aromatic nitrogens is 1. The van der Waals surface area contributed by atoms with Gasteiger partial charge in [0, 0.05) is 25.1 Å². The van der Waals surface area contributed by atoms with Crippen LogP contribution in [0.15, 0.2) is 12.1 Å². The molecule has 5 nitrogen and oxygen atoms in total. The first-order chi connectivity index (χ1) is 10.6. The molecule has 0 unspecified atom stereocenters. The van der Waals surface area contributed by atoms with Crippen LogP contribution in [0.1, 0.15) is 48.2 Å². The van der Waals surface area contributed by atoms with Gasteiger partial charge in [-0.1, -0.05) is 6.42 Å². The summed E-state index contributed by atoms with van der Waals surface area (Å²) in [5.41, 5.74) is 1.05. The summed E-state index contributed by atoms with van der Waals surface area (Å²) in [6, 6.07) is 3.76. The number of ketones is 1. The second-order valence-electron chi connectivity index (χ2n) is 6.87. The molecule has 0 radical (unpaired) electrons. The van der Waals surface area contributed by atoms with Crippen LogP contribution in [0.2, 0.25) is 0 Å². The number of nitrogens with zero attached hydrogens (tertiary/aromatic N) is 2. The zero-order chi connectivity index (χ0) is 15.3. The number of carboxylic acid groups (broad SMARTS) is 1. The van der Waals surface area contributed by atoms with Gasteiger partial charge in [0.2, 0.25) is 0 Å². The second kappa shape index (κ2) is 4.80. The third kappa shape index (κ3) is 1.87. The molecule has 1 N–H and O–H groups in total. The predicted octanol–water partition coefficient (Wildman–Crippen LogP) is 2.29. The standard InChI is InChI=1S/C17H20N2O3/c20-14-5-1-4-13-12(14)6-7-15(18-13)19-9-11-3-2-8-17(11,10-19)16(21)22/h6-7,11H,1-5,8-10H2,(H,21,22)/t11-,17+/m0/s1. The summed E-state index contributed by atoms with van der Waals surface area (Å²) in [6.07, 6.45) is 5.10. The molecule has 0 amide bonds. The number of carbonyl (C=O) groups is 2. The Morgan fingerprint density at radius 3 is 2.95 bits per heavy atom. The molecule has 4 rings (SSSR count). The number of hydrogen-bond acceptors (Lipinski definition) is 4. The van der Waals surface area contributed by atoms with Crippen LogP contribution in [-0.2, 0) is 11.2 Å². The fourth-order valence-corrected chi connectivity index (χ4v) is 4.47. The minimum atomic E-state index is -0.661. The van der Waals surface area contributed by atoms with E-state index in [1.54, 1.807) is 0 Å². The summed E-state index contributed by atoms with van der Waals surface area (Å²) in [7, 11) is 0. The number of aryl methyl sites for hydroxylation is 1. The van der Waals surface area contributed by atoms with Crippen molar-refractivity contribution in [2.75, 3.05) is 18.0 Å². The van der Waals surface area contributed by atoms with E-state index < -0.39 is 11.4 Å². The van der Waals surface area contributed by atoms with Gasteiger partial charge < -0.3 is 10.0 Å². The highest BCUT2D eigenvalue weighted by Gasteiger charge is 2.55. The molecule has 5 heteroatoms. The van der Waals surface area contributed by atoms with Crippen LogP contribution in [0, 0.1) is 11.3 Å². The molecule has 2 heterocycles. The lowest BCUT2D eigenvalue weighted by molar-refractivity contribution is -0.149. The Morgan fingerprint density at radius 2 is 2.18 bits per heavy atom. The summed E-state index contributed by atoms with van der Waals surface area (Å²) in [6.45, 7) is 1.32. The monoisotopic (exact) mass is 300 g/mol. The van der Waals surface area contributed by atoms with Gasteiger partial charge in [-0.05, 0) is 43.7 Å². The highest BCUT2D eigenvalue weighted by atomic mass is 16.4. The maximum absolute atomic E-state index is 11.9. The SMILES string of the molecule is O=C1CCCc2nc(N3C[C@@H]4CCC[C@@]4(C(=O)O)C3)ccc21. The van der Waals surface area contributed by atoms with Gasteiger partial charge in [0.05, 0.1) is 11.1 Å². The van der Waals surface area contributed by atoms with E-state index in [1.165, 1.54) is 0 Å². The van der Waals surface area contributed by atoms with E-state index in [-0.39, 0.29) is 11.7 Å². The normalized spacial score (nSPS) is 30.3. The minimum absolute atomic E-state index is 0.181. The third-order valence-electron chi connectivity index (χ3n) is 5.70. The molecule has 1 saturated carbocycles. The van der Waals surface area contributed by atoms with Gasteiger partial charge in [0.25, 0.3) is 0 Å². The van der Waals surface area contributed by atoms with Crippen LogP contribution < -0.4 is 4.90 Å². The average molecular weight is 300 g/mol. The Kier molecular flexibility index (Phi) is 2.99. The summed E-state index contributed by atoms with van der Waals surface area (Å²) < 4.78 is 0. The van der Waals surface area contributed by atoms with E-state index in [4.69, 9.17) is 0 Å². The Bertz CT molecular complexity index is 657. The van der Waals surface area contributed by atoms with Gasteiger partial charge in [-0.2, -0.15) is 0 Å². The van der Waals surface area contributed by atoms with Gasteiger partial charge in [-0.3, -0.25) is 9.59 Å². The molecule has 0 spiro atoms. The van der Waals surface area contributed by atoms with Crippen LogP contribution in [0.25, 0.3) is 0 Å². The number of rotatable bonds is 2. The van der Waals surface area contributed by atoms with Gasteiger partial charge in [0.15, 0.2) is 5.78 Å². The van der Waals surface area contributed by atoms with Crippen molar-refractivity contribution in [3.8, 4) is 0 Å². The smallest absolute Gasteiger partial charge is 0.311 e. The van der Waals surface area contributed by atoms with Crippen molar-refractivity contribution in [3.05, 3.63) is 23.4 Å². The van der Waals surface area contributed by atoms with Crippen molar-refractivity contribution >= 4 is 17.6 Å². The van der Waals surface area contributed by atoms with Crippen LogP contribution >= 0.6 is 0 Å². The van der Waals surface area contributed by atoms with Crippen molar-refractivity contribution in [2.24, 2.45) is 11.3 Å². The summed E-state index contributed by atoms with van der Waals surface area (Å²) >= 11 is 0. The number of pyridine rings is 1. The van der Waals surface area contributed by atoms with Crippen LogP contribution in [0.5, 0.6) is 0 Å². The Morgan fingerprint density at radius 1 is 1.32 bits per heavy atom. The minimum Gasteiger partial charge on any atom is -0.481 e. The molecule has 1 aliphatic heterocycles. The highest BCUT2D eigenvalue weighted by molar-refractivity contribution is 5.98. The first-order valence-electron chi connectivity index (χ1n) is 8.12. The van der Waals surface area contributed by atoms with E-state index in [9.17, 15) is 14.7 Å². The quantitative estimate of drug-likeness (QED) is 0.907. The maximum Gasteiger partial charge on any atom is 0.311 e. The molecule has 1 saturated heterocycles. The molecule has 0 bridgehead atoms. The average Bonchev–Trinajstić information content (AvgIpc) is 3.05. The second-order valence-corrected chi connectivity index (χ2v) is 6.87. The van der Waals surface area contributed by atoms with Gasteiger partial charge in [0.1, 0.15) is 5.82 Å². The molecule has 116 valence electrons. The van der Waals surface area contributed by atoms with E-state index >= 15 is 0 Å². The van der Waals surface area contributed by atoms with Gasteiger partial charge >= 0.3 is 5.97 Å². The lowest BCUT2D eigenvalue weighted by atomic mass is 9.81. The number of hydrogen-bond donors (Lipinski definition) is 1. The Labute approximate surface area is 129 Å². The molecule has 1 aromatic heterocycles. The summed E-state index contributed by atoms with van der Waals surface area (Å²) in [5, 5.41) is 9.67. The van der Waals surface area contributed by atoms with Crippen molar-refractivity contribution in [2.45, 2.75) is 38.5 Å². The lowest BCUT2D eigenvalue weighted by Gasteiger charge is -2.24. The molecule has 2 aliphatic carbocycles. The maximum atomic E-state index is 11.9. The summed E-state index contributed by atoms with van der Waals surface area (Å²) in [4.78, 5) is 30.4. The number of Topliss-reactive ketones (excluding diaryl/α,β-unsaturated/α-hetero) is 1. The van der Waals surface area contributed by atoms with Crippen molar-refractivity contribution in [1.29, 1.82) is 0 Å². The highest BCUT2D eigenvalue weighted by Crippen LogP contribution is 2.49. The zero-order valence-corrected chi connectivity index (χ0v) is 12.5. The molecule has 1 aromatic rings. The number of aliphatic carboxylic acids is 1. The topological polar surface area (TPSA) is 70.5 Å². The van der Waals surface area contributed by atoms with E-state index in [1.807, 2.05) is 12.1 Å². The van der Waals surface area contributed by atoms with Crippen LogP contribution in [0.3, 0.4) is 0 Å². The predicted molar refractivity (Wildman–Crippen MR) is 81.1 cm³/mol. The molecule has 0 aromatic carbocycles. The third-order valence-corrected chi connectivity index (χ3v) is 5.70. The van der Waals surface area contributed by atoms with E-state index in [2.05, 4.69) is 9.88 Å². The number of carboxylic acids is 1. The van der Waals surface area contributed by atoms with Crippen molar-refractivity contribution in [1.82, 2.24) is 4.98 Å². The van der Waals surface area contributed by atoms with Crippen LogP contribution in [0.4, 0.5) is 5.82 Å². The molecular weight excluding hydrogens is 280 g/mol. The Hall–Kier alpha value is -1.91. The van der Waals surface area contributed by atoms with Crippen molar-refractivity contribution in [3.63, 3.8) is 0 Å². The van der Waals surface area contributed by atoms with Gasteiger partial charge in [-0.15, -0.1) is 0 Å². The first kappa shape index (κ1) is 13.7. The molecule has 22 heavy (non-hydrogen) atoms. The zero-order valence-electron chi connectivity index (χ0n) is 12.5. The molecular formula is C17H20N2O3. The van der Waals surface area contributed by atoms with Crippen LogP contribution in [-0.4, -0.2) is 34.9 Å². The van der Waals surface area contributed by atoms with Crippen molar-refractivity contribution < 1.29 is 14.7 Å². The largest absolute Gasteiger partial charge is 0.481 e. The molecule has 2 fully saturated rings. The fraction of sp³-hybridized carbons (Fsp3) is 0.588. The summed E-state index contributed by atoms with van der Waals surface area (Å²) in [5.74, 6) is 0.583. The number of carbonyl (C=O) groups excluding carboxylic acids is 1.